The predicted octanol–water partition coefficient (Wildman–Crippen LogP) is 3.68. The zero-order chi connectivity index (χ0) is 20.5. The summed E-state index contributed by atoms with van der Waals surface area (Å²) in [6.07, 6.45) is 1.76. The van der Waals surface area contributed by atoms with E-state index in [0.717, 1.165) is 12.8 Å². The third kappa shape index (κ3) is 6.13. The molecule has 2 aromatic rings. The van der Waals surface area contributed by atoms with Gasteiger partial charge in [0.05, 0.1) is 17.1 Å². The number of anilines is 1. The summed E-state index contributed by atoms with van der Waals surface area (Å²) in [5, 5.41) is 16.0. The average Bonchev–Trinajstić information content (AvgIpc) is 2.68. The van der Waals surface area contributed by atoms with E-state index >= 15 is 0 Å². The number of hydrogen-bond donors (Lipinski definition) is 2. The van der Waals surface area contributed by atoms with E-state index in [2.05, 4.69) is 10.6 Å². The second kappa shape index (κ2) is 10.1. The molecule has 0 aliphatic rings. The fourth-order valence-electron chi connectivity index (χ4n) is 2.15. The van der Waals surface area contributed by atoms with Crippen molar-refractivity contribution in [1.29, 1.82) is 0 Å². The highest BCUT2D eigenvalue weighted by atomic mass is 32.1. The summed E-state index contributed by atoms with van der Waals surface area (Å²) in [4.78, 5) is 34.1. The number of hydrogen-bond acceptors (Lipinski definition) is 6. The lowest BCUT2D eigenvalue weighted by Gasteiger charge is -2.10. The van der Waals surface area contributed by atoms with E-state index in [1.54, 1.807) is 24.3 Å². The summed E-state index contributed by atoms with van der Waals surface area (Å²) in [6, 6.07) is 11.6. The molecule has 0 saturated heterocycles. The van der Waals surface area contributed by atoms with Gasteiger partial charge in [-0.05, 0) is 55.0 Å². The highest BCUT2D eigenvalue weighted by Gasteiger charge is 2.11. The monoisotopic (exact) mass is 401 g/mol. The second-order valence-corrected chi connectivity index (χ2v) is 6.19. The Kier molecular flexibility index (Phi) is 7.58. The molecule has 0 spiro atoms. The van der Waals surface area contributed by atoms with Crippen molar-refractivity contribution < 1.29 is 19.2 Å². The summed E-state index contributed by atoms with van der Waals surface area (Å²) < 4.78 is 5.13. The molecule has 0 aliphatic heterocycles. The Morgan fingerprint density at radius 3 is 2.25 bits per heavy atom. The summed E-state index contributed by atoms with van der Waals surface area (Å²) in [6.45, 7) is 2.39. The van der Waals surface area contributed by atoms with Gasteiger partial charge in [-0.3, -0.25) is 20.2 Å². The fourth-order valence-corrected chi connectivity index (χ4v) is 2.36. The first-order valence-electron chi connectivity index (χ1n) is 8.54. The number of nitrogens with one attached hydrogen (secondary N) is 2. The number of ether oxygens (including phenoxy) is 1. The van der Waals surface area contributed by atoms with Crippen LogP contribution in [0.4, 0.5) is 11.4 Å². The Morgan fingerprint density at radius 2 is 1.68 bits per heavy atom. The molecule has 1 amide bonds. The SMILES string of the molecule is CCCCOC(=O)c1ccc(NC(=S)NC(=O)c2ccc([N+](=O)[O-])cc2)cc1. The molecule has 0 aliphatic carbocycles. The van der Waals surface area contributed by atoms with Gasteiger partial charge in [0, 0.05) is 23.4 Å². The van der Waals surface area contributed by atoms with Crippen molar-refractivity contribution in [3.05, 3.63) is 69.8 Å². The predicted molar refractivity (Wildman–Crippen MR) is 108 cm³/mol. The maximum atomic E-state index is 12.1. The van der Waals surface area contributed by atoms with Gasteiger partial charge in [-0.2, -0.15) is 0 Å². The molecule has 28 heavy (non-hydrogen) atoms. The number of esters is 1. The van der Waals surface area contributed by atoms with Gasteiger partial charge in [0.1, 0.15) is 0 Å². The Hall–Kier alpha value is -3.33. The molecule has 2 aromatic carbocycles. The summed E-state index contributed by atoms with van der Waals surface area (Å²) >= 11 is 5.09. The largest absolute Gasteiger partial charge is 0.462 e. The molecule has 0 aromatic heterocycles. The Bertz CT molecular complexity index is 866. The highest BCUT2D eigenvalue weighted by Crippen LogP contribution is 2.13. The van der Waals surface area contributed by atoms with Crippen molar-refractivity contribution in [2.75, 3.05) is 11.9 Å². The molecule has 0 bridgehead atoms. The highest BCUT2D eigenvalue weighted by molar-refractivity contribution is 7.80. The number of amides is 1. The van der Waals surface area contributed by atoms with Gasteiger partial charge >= 0.3 is 5.97 Å². The molecule has 0 atom stereocenters. The van der Waals surface area contributed by atoms with Gasteiger partial charge in [0.15, 0.2) is 5.11 Å². The number of benzene rings is 2. The van der Waals surface area contributed by atoms with E-state index in [1.165, 1.54) is 24.3 Å². The zero-order valence-electron chi connectivity index (χ0n) is 15.1. The number of carbonyl (C=O) groups excluding carboxylic acids is 2. The van der Waals surface area contributed by atoms with E-state index in [9.17, 15) is 19.7 Å². The van der Waals surface area contributed by atoms with Crippen molar-refractivity contribution in [3.8, 4) is 0 Å². The van der Waals surface area contributed by atoms with Crippen molar-refractivity contribution in [2.45, 2.75) is 19.8 Å². The van der Waals surface area contributed by atoms with Gasteiger partial charge in [0.25, 0.3) is 11.6 Å². The quantitative estimate of drug-likeness (QED) is 0.239. The second-order valence-electron chi connectivity index (χ2n) is 5.78. The first-order chi connectivity index (χ1) is 13.4. The maximum absolute atomic E-state index is 12.1. The van der Waals surface area contributed by atoms with Gasteiger partial charge < -0.3 is 10.1 Å². The van der Waals surface area contributed by atoms with Crippen molar-refractivity contribution >= 4 is 40.6 Å². The number of nitrogens with zero attached hydrogens (tertiary/aromatic N) is 1. The van der Waals surface area contributed by atoms with Crippen LogP contribution in [0, 0.1) is 10.1 Å². The van der Waals surface area contributed by atoms with E-state index in [-0.39, 0.29) is 16.4 Å². The standard InChI is InChI=1S/C19H19N3O5S/c1-2-3-12-27-18(24)14-4-8-15(9-5-14)20-19(28)21-17(23)13-6-10-16(11-7-13)22(25)26/h4-11H,2-3,12H2,1H3,(H2,20,21,23,28). The lowest BCUT2D eigenvalue weighted by atomic mass is 10.2. The molecule has 0 unspecified atom stereocenters. The maximum Gasteiger partial charge on any atom is 0.338 e. The minimum Gasteiger partial charge on any atom is -0.462 e. The van der Waals surface area contributed by atoms with Gasteiger partial charge in [-0.25, -0.2) is 4.79 Å². The lowest BCUT2D eigenvalue weighted by molar-refractivity contribution is -0.384. The molecular formula is C19H19N3O5S. The Balaban J connectivity index is 1.89. The average molecular weight is 401 g/mol. The van der Waals surface area contributed by atoms with E-state index in [0.29, 0.717) is 17.9 Å². The molecule has 146 valence electrons. The van der Waals surface area contributed by atoms with E-state index < -0.39 is 16.8 Å². The van der Waals surface area contributed by atoms with Crippen LogP contribution in [0.15, 0.2) is 48.5 Å². The number of rotatable bonds is 7. The number of unbranched alkanes of at least 4 members (excludes halogenated alkanes) is 1. The minimum absolute atomic E-state index is 0.0571. The van der Waals surface area contributed by atoms with Crippen LogP contribution in [0.5, 0.6) is 0 Å². The van der Waals surface area contributed by atoms with E-state index in [4.69, 9.17) is 17.0 Å². The van der Waals surface area contributed by atoms with Crippen LogP contribution in [0.25, 0.3) is 0 Å². The molecule has 8 nitrogen and oxygen atoms in total. The Morgan fingerprint density at radius 1 is 1.07 bits per heavy atom. The van der Waals surface area contributed by atoms with Crippen LogP contribution in [0.3, 0.4) is 0 Å². The topological polar surface area (TPSA) is 111 Å². The van der Waals surface area contributed by atoms with Gasteiger partial charge in [-0.1, -0.05) is 13.3 Å². The zero-order valence-corrected chi connectivity index (χ0v) is 16.0. The smallest absolute Gasteiger partial charge is 0.338 e. The first-order valence-corrected chi connectivity index (χ1v) is 8.95. The summed E-state index contributed by atoms with van der Waals surface area (Å²) in [7, 11) is 0. The fraction of sp³-hybridized carbons (Fsp3) is 0.211. The number of carbonyl (C=O) groups is 2. The van der Waals surface area contributed by atoms with Gasteiger partial charge in [-0.15, -0.1) is 0 Å². The third-order valence-corrected chi connectivity index (χ3v) is 3.88. The van der Waals surface area contributed by atoms with Crippen LogP contribution in [-0.4, -0.2) is 28.5 Å². The number of thiocarbonyl (C=S) groups is 1. The van der Waals surface area contributed by atoms with Crippen molar-refractivity contribution in [3.63, 3.8) is 0 Å². The Labute approximate surface area is 167 Å². The number of non-ortho nitro benzene ring substituents is 1. The molecule has 0 saturated carbocycles. The molecule has 0 radical (unpaired) electrons. The summed E-state index contributed by atoms with van der Waals surface area (Å²) in [5.74, 6) is -0.891. The lowest BCUT2D eigenvalue weighted by Crippen LogP contribution is -2.34. The van der Waals surface area contributed by atoms with Crippen LogP contribution in [0.2, 0.25) is 0 Å². The van der Waals surface area contributed by atoms with Crippen LogP contribution >= 0.6 is 12.2 Å². The number of nitro benzene ring substituents is 1. The molecule has 0 fully saturated rings. The van der Waals surface area contributed by atoms with Crippen molar-refractivity contribution in [1.82, 2.24) is 5.32 Å². The van der Waals surface area contributed by atoms with Crippen molar-refractivity contribution in [2.24, 2.45) is 0 Å². The first kappa shape index (κ1) is 21.0. The van der Waals surface area contributed by atoms with Gasteiger partial charge in [0.2, 0.25) is 0 Å². The normalized spacial score (nSPS) is 10.0. The molecule has 0 heterocycles. The molecular weight excluding hydrogens is 382 g/mol. The van der Waals surface area contributed by atoms with E-state index in [1.807, 2.05) is 6.92 Å². The number of nitro groups is 1. The molecule has 9 heteroatoms. The summed E-state index contributed by atoms with van der Waals surface area (Å²) in [5.41, 5.74) is 1.13. The van der Waals surface area contributed by atoms with Crippen LogP contribution in [-0.2, 0) is 4.74 Å². The third-order valence-electron chi connectivity index (χ3n) is 3.68. The van der Waals surface area contributed by atoms with Crippen LogP contribution in [0.1, 0.15) is 40.5 Å². The van der Waals surface area contributed by atoms with Crippen LogP contribution < -0.4 is 10.6 Å². The molecule has 2 rings (SSSR count). The minimum atomic E-state index is -0.545. The molecule has 2 N–H and O–H groups in total.